The zero-order chi connectivity index (χ0) is 26.1. The number of aryl methyl sites for hydroxylation is 1. The van der Waals surface area contributed by atoms with Gasteiger partial charge in [-0.05, 0) is 72.5 Å². The summed E-state index contributed by atoms with van der Waals surface area (Å²) in [5.74, 6) is 1.29. The van der Waals surface area contributed by atoms with Crippen molar-refractivity contribution in [3.8, 4) is 0 Å². The molecule has 0 saturated carbocycles. The van der Waals surface area contributed by atoms with Gasteiger partial charge in [0.05, 0.1) is 10.6 Å². The molecule has 0 aliphatic heterocycles. The average Bonchev–Trinajstić information content (AvgIpc) is 2.86. The minimum Gasteiger partial charge on any atom is -0.354 e. The minimum absolute atomic E-state index is 0.144. The molecule has 0 unspecified atom stereocenters. The van der Waals surface area contributed by atoms with Crippen LogP contribution < -0.4 is 9.62 Å². The third-order valence-corrected chi connectivity index (χ3v) is 8.62. The van der Waals surface area contributed by atoms with Gasteiger partial charge in [0.2, 0.25) is 5.91 Å². The lowest BCUT2D eigenvalue weighted by Crippen LogP contribution is -2.41. The molecule has 0 fully saturated rings. The summed E-state index contributed by atoms with van der Waals surface area (Å²) in [5.41, 5.74) is 3.54. The van der Waals surface area contributed by atoms with Crippen molar-refractivity contribution >= 4 is 33.4 Å². The summed E-state index contributed by atoms with van der Waals surface area (Å²) in [4.78, 5) is 12.9. The van der Waals surface area contributed by atoms with Gasteiger partial charge in [-0.25, -0.2) is 12.8 Å². The molecule has 192 valence electrons. The number of benzene rings is 3. The summed E-state index contributed by atoms with van der Waals surface area (Å²) in [6.45, 7) is 6.17. The largest absolute Gasteiger partial charge is 0.354 e. The molecule has 0 spiro atoms. The highest BCUT2D eigenvalue weighted by molar-refractivity contribution is 7.98. The quantitative estimate of drug-likeness (QED) is 0.298. The highest BCUT2D eigenvalue weighted by Crippen LogP contribution is 2.26. The summed E-state index contributed by atoms with van der Waals surface area (Å²) < 4.78 is 41.1. The lowest BCUT2D eigenvalue weighted by molar-refractivity contribution is -0.119. The maximum absolute atomic E-state index is 13.5. The van der Waals surface area contributed by atoms with Crippen LogP contribution in [0.1, 0.15) is 42.9 Å². The van der Waals surface area contributed by atoms with Crippen molar-refractivity contribution in [1.82, 2.24) is 5.32 Å². The second-order valence-electron chi connectivity index (χ2n) is 8.95. The zero-order valence-corrected chi connectivity index (χ0v) is 22.5. The molecule has 0 heterocycles. The van der Waals surface area contributed by atoms with Crippen LogP contribution in [0.5, 0.6) is 0 Å². The van der Waals surface area contributed by atoms with Crippen molar-refractivity contribution < 1.29 is 17.6 Å². The molecule has 1 amide bonds. The summed E-state index contributed by atoms with van der Waals surface area (Å²) >= 11 is 1.70. The maximum Gasteiger partial charge on any atom is 0.264 e. The van der Waals surface area contributed by atoms with Gasteiger partial charge in [-0.15, -0.1) is 0 Å². The van der Waals surface area contributed by atoms with Gasteiger partial charge in [0, 0.05) is 12.3 Å². The Labute approximate surface area is 218 Å². The molecule has 0 aliphatic rings. The predicted octanol–water partition coefficient (Wildman–Crippen LogP) is 5.89. The molecular formula is C28H33FN2O3S2. The Kier molecular flexibility index (Phi) is 9.96. The minimum atomic E-state index is -3.93. The number of hydrogen-bond acceptors (Lipinski definition) is 4. The SMILES string of the molecule is Cc1ccc(S(=O)(=O)N(CC(=O)NCCCSCc2ccc(F)cc2)c2ccc(C(C)C)cc2)cc1. The van der Waals surface area contributed by atoms with Crippen molar-refractivity contribution in [3.63, 3.8) is 0 Å². The number of nitrogens with one attached hydrogen (secondary N) is 1. The number of sulfonamides is 1. The van der Waals surface area contributed by atoms with Gasteiger partial charge in [-0.1, -0.05) is 55.8 Å². The molecule has 5 nitrogen and oxygen atoms in total. The Hall–Kier alpha value is -2.84. The van der Waals surface area contributed by atoms with Crippen molar-refractivity contribution in [3.05, 3.63) is 95.3 Å². The monoisotopic (exact) mass is 528 g/mol. The number of rotatable bonds is 12. The van der Waals surface area contributed by atoms with E-state index >= 15 is 0 Å². The molecule has 3 aromatic carbocycles. The Balaban J connectivity index is 1.61. The number of hydrogen-bond donors (Lipinski definition) is 1. The van der Waals surface area contributed by atoms with Crippen molar-refractivity contribution in [2.24, 2.45) is 0 Å². The van der Waals surface area contributed by atoms with Crippen LogP contribution in [0.25, 0.3) is 0 Å². The number of halogens is 1. The van der Waals surface area contributed by atoms with Crippen LogP contribution in [0.4, 0.5) is 10.1 Å². The molecule has 0 atom stereocenters. The van der Waals surface area contributed by atoms with Crippen molar-refractivity contribution in [1.29, 1.82) is 0 Å². The van der Waals surface area contributed by atoms with E-state index in [2.05, 4.69) is 19.2 Å². The molecular weight excluding hydrogens is 495 g/mol. The standard InChI is InChI=1S/C28H33FN2O3S2/c1-21(2)24-9-13-26(14-10-24)31(36(33,34)27-15-5-22(3)6-16-27)19-28(32)30-17-4-18-35-20-23-7-11-25(29)12-8-23/h5-16,21H,4,17-20H2,1-3H3,(H,30,32). The maximum atomic E-state index is 13.5. The van der Waals surface area contributed by atoms with Crippen LogP contribution in [0, 0.1) is 12.7 Å². The number of amides is 1. The lowest BCUT2D eigenvalue weighted by atomic mass is 10.0. The van der Waals surface area contributed by atoms with Gasteiger partial charge >= 0.3 is 0 Å². The number of thioether (sulfide) groups is 1. The fourth-order valence-corrected chi connectivity index (χ4v) is 5.88. The van der Waals surface area contributed by atoms with Crippen LogP contribution in [0.15, 0.2) is 77.7 Å². The zero-order valence-electron chi connectivity index (χ0n) is 20.9. The first kappa shape index (κ1) is 27.7. The average molecular weight is 529 g/mol. The molecule has 36 heavy (non-hydrogen) atoms. The second-order valence-corrected chi connectivity index (χ2v) is 11.9. The summed E-state index contributed by atoms with van der Waals surface area (Å²) in [7, 11) is -3.93. The van der Waals surface area contributed by atoms with E-state index in [1.165, 1.54) is 16.4 Å². The van der Waals surface area contributed by atoms with E-state index in [9.17, 15) is 17.6 Å². The van der Waals surface area contributed by atoms with Crippen LogP contribution in [0.2, 0.25) is 0 Å². The van der Waals surface area contributed by atoms with Gasteiger partial charge in [0.1, 0.15) is 12.4 Å². The Morgan fingerprint density at radius 2 is 1.61 bits per heavy atom. The third kappa shape index (κ3) is 7.83. The molecule has 3 aromatic rings. The lowest BCUT2D eigenvalue weighted by Gasteiger charge is -2.24. The first-order chi connectivity index (χ1) is 17.2. The molecule has 0 bridgehead atoms. The van der Waals surface area contributed by atoms with Crippen molar-refractivity contribution in [2.75, 3.05) is 23.1 Å². The number of nitrogens with zero attached hydrogens (tertiary/aromatic N) is 1. The first-order valence-corrected chi connectivity index (χ1v) is 14.5. The molecule has 8 heteroatoms. The Bertz CT molecular complexity index is 1230. The molecule has 1 N–H and O–H groups in total. The molecule has 0 saturated heterocycles. The fraction of sp³-hybridized carbons (Fsp3) is 0.321. The normalized spacial score (nSPS) is 11.5. The van der Waals surface area contributed by atoms with Gasteiger partial charge in [0.25, 0.3) is 10.0 Å². The predicted molar refractivity (Wildman–Crippen MR) is 146 cm³/mol. The van der Waals surface area contributed by atoms with E-state index in [1.807, 2.05) is 19.1 Å². The van der Waals surface area contributed by atoms with Crippen molar-refractivity contribution in [2.45, 2.75) is 43.8 Å². The van der Waals surface area contributed by atoms with Gasteiger partial charge in [-0.3, -0.25) is 9.10 Å². The second kappa shape index (κ2) is 12.9. The van der Waals surface area contributed by atoms with E-state index in [0.717, 1.165) is 34.6 Å². The first-order valence-electron chi connectivity index (χ1n) is 11.9. The van der Waals surface area contributed by atoms with E-state index < -0.39 is 10.0 Å². The van der Waals surface area contributed by atoms with Gasteiger partial charge in [-0.2, -0.15) is 11.8 Å². The van der Waals surface area contributed by atoms with E-state index in [1.54, 1.807) is 60.3 Å². The van der Waals surface area contributed by atoms with Crippen LogP contribution >= 0.6 is 11.8 Å². The highest BCUT2D eigenvalue weighted by Gasteiger charge is 2.27. The third-order valence-electron chi connectivity index (χ3n) is 5.71. The fourth-order valence-electron chi connectivity index (χ4n) is 3.54. The van der Waals surface area contributed by atoms with E-state index in [0.29, 0.717) is 18.2 Å². The van der Waals surface area contributed by atoms with Gasteiger partial charge < -0.3 is 5.32 Å². The smallest absolute Gasteiger partial charge is 0.264 e. The Morgan fingerprint density at radius 1 is 0.972 bits per heavy atom. The summed E-state index contributed by atoms with van der Waals surface area (Å²) in [5, 5.41) is 2.84. The number of carbonyl (C=O) groups excluding carboxylic acids is 1. The Morgan fingerprint density at radius 3 is 2.22 bits per heavy atom. The summed E-state index contributed by atoms with van der Waals surface area (Å²) in [6.07, 6.45) is 0.741. The molecule has 0 aromatic heterocycles. The highest BCUT2D eigenvalue weighted by atomic mass is 32.2. The van der Waals surface area contributed by atoms with Crippen LogP contribution in [-0.4, -0.2) is 33.2 Å². The summed E-state index contributed by atoms with van der Waals surface area (Å²) in [6, 6.07) is 20.3. The number of carbonyl (C=O) groups is 1. The molecule has 3 rings (SSSR count). The molecule has 0 radical (unpaired) electrons. The van der Waals surface area contributed by atoms with E-state index in [-0.39, 0.29) is 23.2 Å². The topological polar surface area (TPSA) is 66.5 Å². The van der Waals surface area contributed by atoms with Crippen LogP contribution in [-0.2, 0) is 20.6 Å². The number of anilines is 1. The molecule has 0 aliphatic carbocycles. The van der Waals surface area contributed by atoms with E-state index in [4.69, 9.17) is 0 Å². The van der Waals surface area contributed by atoms with Crippen LogP contribution in [0.3, 0.4) is 0 Å². The van der Waals surface area contributed by atoms with Gasteiger partial charge in [0.15, 0.2) is 0 Å².